The van der Waals surface area contributed by atoms with Gasteiger partial charge in [-0.15, -0.1) is 11.3 Å². The maximum Gasteiger partial charge on any atom is 0.183 e. The minimum absolute atomic E-state index is 0. The summed E-state index contributed by atoms with van der Waals surface area (Å²) in [7, 11) is 1.68. The second-order valence-electron chi connectivity index (χ2n) is 5.38. The average molecular weight is 337 g/mol. The van der Waals surface area contributed by atoms with Crippen LogP contribution in [0.5, 0.6) is 0 Å². The van der Waals surface area contributed by atoms with E-state index in [2.05, 4.69) is 47.4 Å². The van der Waals surface area contributed by atoms with E-state index in [4.69, 9.17) is 4.74 Å². The van der Waals surface area contributed by atoms with Crippen molar-refractivity contribution >= 4 is 22.7 Å². The number of allylic oxidation sites excluding steroid dienone is 2. The van der Waals surface area contributed by atoms with Gasteiger partial charge in [0.15, 0.2) is 5.13 Å². The lowest BCUT2D eigenvalue weighted by molar-refractivity contribution is 0.300. The monoisotopic (exact) mass is 337 g/mol. The number of hydrogen-bond donors (Lipinski definition) is 1. The summed E-state index contributed by atoms with van der Waals surface area (Å²) in [6, 6.07) is 0.421. The summed E-state index contributed by atoms with van der Waals surface area (Å²) in [4.78, 5) is 9.19. The van der Waals surface area contributed by atoms with Crippen molar-refractivity contribution in [1.29, 1.82) is 0 Å². The number of rotatable bonds is 6. The van der Waals surface area contributed by atoms with Crippen molar-refractivity contribution in [2.75, 3.05) is 12.4 Å². The van der Waals surface area contributed by atoms with Crippen LogP contribution in [0.3, 0.4) is 0 Å². The van der Waals surface area contributed by atoms with Crippen LogP contribution in [-0.2, 0) is 4.74 Å². The molecule has 0 fully saturated rings. The molecule has 0 amide bonds. The van der Waals surface area contributed by atoms with Crippen LogP contribution in [0.4, 0.5) is 5.13 Å². The average Bonchev–Trinajstić information content (AvgIpc) is 2.93. The van der Waals surface area contributed by atoms with Gasteiger partial charge in [0.05, 0.1) is 18.8 Å². The zero-order valence-electron chi connectivity index (χ0n) is 14.0. The predicted molar refractivity (Wildman–Crippen MR) is 101 cm³/mol. The minimum Gasteiger partial charge on any atom is -0.497 e. The lowest BCUT2D eigenvalue weighted by atomic mass is 9.94. The van der Waals surface area contributed by atoms with Gasteiger partial charge in [-0.1, -0.05) is 18.2 Å². The lowest BCUT2D eigenvalue weighted by Gasteiger charge is -2.19. The van der Waals surface area contributed by atoms with Crippen LogP contribution < -0.4 is 5.32 Å². The predicted octanol–water partition coefficient (Wildman–Crippen LogP) is 3.46. The maximum atomic E-state index is 5.30. The summed E-state index contributed by atoms with van der Waals surface area (Å²) in [6.45, 7) is 6.22. The number of hydrogen-bond acceptors (Lipinski definition) is 5. The van der Waals surface area contributed by atoms with Crippen LogP contribution in [0.2, 0.25) is 0 Å². The number of anilines is 1. The van der Waals surface area contributed by atoms with Gasteiger partial charge in [-0.05, 0) is 32.9 Å². The van der Waals surface area contributed by atoms with Crippen molar-refractivity contribution in [3.63, 3.8) is 0 Å². The number of thiazole rings is 1. The molecule has 0 aliphatic heterocycles. The first-order valence-electron chi connectivity index (χ1n) is 7.44. The largest absolute Gasteiger partial charge is 0.497 e. The third kappa shape index (κ3) is 5.65. The molecule has 0 bridgehead atoms. The first-order chi connectivity index (χ1) is 10.6. The fourth-order valence-corrected chi connectivity index (χ4v) is 2.96. The topological polar surface area (TPSA) is 78.0 Å². The highest BCUT2D eigenvalue weighted by molar-refractivity contribution is 7.13. The van der Waals surface area contributed by atoms with Crippen molar-refractivity contribution in [2.45, 2.75) is 32.9 Å². The maximum absolute atomic E-state index is 5.30. The zero-order chi connectivity index (χ0) is 15.9. The van der Waals surface area contributed by atoms with Crippen LogP contribution >= 0.6 is 11.3 Å². The van der Waals surface area contributed by atoms with E-state index in [1.54, 1.807) is 18.4 Å². The van der Waals surface area contributed by atoms with Gasteiger partial charge in [0.1, 0.15) is 5.76 Å². The number of nitrogens with zero attached hydrogens (tertiary/aromatic N) is 2. The first kappa shape index (κ1) is 19.1. The van der Waals surface area contributed by atoms with Gasteiger partial charge in [-0.2, -0.15) is 0 Å². The smallest absolute Gasteiger partial charge is 0.183 e. The Bertz CT molecular complexity index is 609. The Morgan fingerprint density at radius 2 is 2.26 bits per heavy atom. The third-order valence-electron chi connectivity index (χ3n) is 3.18. The van der Waals surface area contributed by atoms with Crippen LogP contribution in [-0.4, -0.2) is 35.9 Å². The molecule has 0 spiro atoms. The van der Waals surface area contributed by atoms with Crippen molar-refractivity contribution in [1.82, 2.24) is 4.98 Å². The fraction of sp³-hybridized carbons (Fsp3) is 0.412. The van der Waals surface area contributed by atoms with E-state index in [0.29, 0.717) is 6.04 Å². The summed E-state index contributed by atoms with van der Waals surface area (Å²) in [5.74, 6) is 1.11. The van der Waals surface area contributed by atoms with Crippen molar-refractivity contribution in [3.05, 3.63) is 47.2 Å². The van der Waals surface area contributed by atoms with E-state index < -0.39 is 0 Å². The van der Waals surface area contributed by atoms with Crippen LogP contribution in [0, 0.1) is 5.92 Å². The van der Waals surface area contributed by atoms with Crippen molar-refractivity contribution in [3.8, 4) is 0 Å². The molecule has 1 heterocycles. The fourth-order valence-electron chi connectivity index (χ4n) is 2.15. The normalized spacial score (nSPS) is 20.8. The molecule has 3 N–H and O–H groups in total. The molecule has 6 heteroatoms. The molecule has 0 saturated carbocycles. The SMILES string of the molecule is C/C=C\C1C=CC(OC)=CC1N=Cc1csc(NC(C)C)n1.O.[HH]. The van der Waals surface area contributed by atoms with Crippen molar-refractivity contribution in [2.24, 2.45) is 10.9 Å². The van der Waals surface area contributed by atoms with E-state index in [1.807, 2.05) is 30.7 Å². The highest BCUT2D eigenvalue weighted by Gasteiger charge is 2.17. The standard InChI is InChI=1S/C17H23N3OS.H2O.H2/c1-5-6-13-7-8-15(21-4)9-16(13)18-10-14-11-22-17(20-14)19-12(2)3;;/h5-13,16H,1-4H3,(H,19,20);1H2;1H/b6-5-,18-10?;;. The Morgan fingerprint density at radius 3 is 2.91 bits per heavy atom. The van der Waals surface area contributed by atoms with Crippen molar-refractivity contribution < 1.29 is 11.6 Å². The minimum atomic E-state index is 0. The van der Waals surface area contributed by atoms with Gasteiger partial charge in [0.25, 0.3) is 0 Å². The molecule has 23 heavy (non-hydrogen) atoms. The van der Waals surface area contributed by atoms with Gasteiger partial charge in [-0.25, -0.2) is 4.98 Å². The van der Waals surface area contributed by atoms with Gasteiger partial charge in [0.2, 0.25) is 0 Å². The van der Waals surface area contributed by atoms with Crippen LogP contribution in [0.15, 0.2) is 46.5 Å². The number of nitrogens with one attached hydrogen (secondary N) is 1. The van der Waals surface area contributed by atoms with Crippen LogP contribution in [0.25, 0.3) is 0 Å². The van der Waals surface area contributed by atoms with E-state index in [1.165, 1.54) is 0 Å². The Labute approximate surface area is 143 Å². The zero-order valence-corrected chi connectivity index (χ0v) is 14.8. The van der Waals surface area contributed by atoms with E-state index in [0.717, 1.165) is 16.6 Å². The molecular formula is C17H27N3O2S. The Morgan fingerprint density at radius 1 is 1.48 bits per heavy atom. The first-order valence-corrected chi connectivity index (χ1v) is 8.32. The van der Waals surface area contributed by atoms with Gasteiger partial charge >= 0.3 is 0 Å². The summed E-state index contributed by atoms with van der Waals surface area (Å²) >= 11 is 1.60. The molecule has 2 unspecified atom stereocenters. The quantitative estimate of drug-likeness (QED) is 0.638. The molecule has 1 aliphatic carbocycles. The molecule has 0 radical (unpaired) electrons. The second-order valence-corrected chi connectivity index (χ2v) is 6.24. The van der Waals surface area contributed by atoms with Crippen LogP contribution in [0.1, 0.15) is 27.9 Å². The summed E-state index contributed by atoms with van der Waals surface area (Å²) in [5, 5.41) is 6.24. The second kappa shape index (κ2) is 9.27. The Hall–Kier alpha value is -1.92. The summed E-state index contributed by atoms with van der Waals surface area (Å²) in [6.07, 6.45) is 12.2. The lowest BCUT2D eigenvalue weighted by Crippen LogP contribution is -2.16. The van der Waals surface area contributed by atoms with E-state index >= 15 is 0 Å². The van der Waals surface area contributed by atoms with Gasteiger partial charge in [-0.3, -0.25) is 4.99 Å². The summed E-state index contributed by atoms with van der Waals surface area (Å²) in [5.41, 5.74) is 0.884. The molecule has 1 aromatic rings. The molecule has 2 rings (SSSR count). The number of ether oxygens (including phenoxy) is 1. The summed E-state index contributed by atoms with van der Waals surface area (Å²) < 4.78 is 5.30. The molecular weight excluding hydrogens is 310 g/mol. The highest BCUT2D eigenvalue weighted by atomic mass is 32.1. The molecule has 128 valence electrons. The molecule has 5 nitrogen and oxygen atoms in total. The van der Waals surface area contributed by atoms with E-state index in [9.17, 15) is 0 Å². The highest BCUT2D eigenvalue weighted by Crippen LogP contribution is 2.22. The number of aliphatic imine (C=N–C) groups is 1. The Balaban J connectivity index is 0.00000264. The molecule has 1 aliphatic rings. The molecule has 2 atom stereocenters. The molecule has 0 saturated heterocycles. The van der Waals surface area contributed by atoms with Gasteiger partial charge in [0, 0.05) is 25.0 Å². The third-order valence-corrected chi connectivity index (χ3v) is 3.97. The number of methoxy groups -OCH3 is 1. The Kier molecular flexibility index (Phi) is 7.71. The van der Waals surface area contributed by atoms with E-state index in [-0.39, 0.29) is 18.9 Å². The molecule has 1 aromatic heterocycles. The van der Waals surface area contributed by atoms with Gasteiger partial charge < -0.3 is 15.5 Å². The number of aromatic nitrogens is 1. The molecule has 0 aromatic carbocycles.